The fourth-order valence-corrected chi connectivity index (χ4v) is 1.34. The Morgan fingerprint density at radius 3 is 2.15 bits per heavy atom. The smallest absolute Gasteiger partial charge is 0.0109 e. The van der Waals surface area contributed by atoms with Crippen LogP contribution in [-0.2, 0) is 0 Å². The van der Waals surface area contributed by atoms with Crippen LogP contribution in [0.2, 0.25) is 0 Å². The molecular weight excluding hydrogens is 160 g/mol. The summed E-state index contributed by atoms with van der Waals surface area (Å²) in [5.74, 6) is 0.751. The average Bonchev–Trinajstić information content (AvgIpc) is 1.95. The highest BCUT2D eigenvalue weighted by atomic mass is 15.1. The molecule has 0 rings (SSSR count). The van der Waals surface area contributed by atoms with Gasteiger partial charge in [-0.3, -0.25) is 0 Å². The lowest BCUT2D eigenvalue weighted by molar-refractivity contribution is 0.234. The summed E-state index contributed by atoms with van der Waals surface area (Å²) in [5, 5.41) is 0. The van der Waals surface area contributed by atoms with Crippen LogP contribution in [0.15, 0.2) is 0 Å². The zero-order valence-corrected chi connectivity index (χ0v) is 9.93. The van der Waals surface area contributed by atoms with E-state index < -0.39 is 0 Å². The van der Waals surface area contributed by atoms with Crippen molar-refractivity contribution in [3.05, 3.63) is 0 Å². The normalized spacial score (nSPS) is 12.9. The van der Waals surface area contributed by atoms with Crippen LogP contribution in [-0.4, -0.2) is 30.1 Å². The van der Waals surface area contributed by atoms with E-state index >= 15 is 0 Å². The minimum Gasteiger partial charge on any atom is -0.326 e. The Morgan fingerprint density at radius 1 is 1.31 bits per heavy atom. The van der Waals surface area contributed by atoms with Gasteiger partial charge in [0.2, 0.25) is 0 Å². The lowest BCUT2D eigenvalue weighted by atomic mass is 10.0. The fourth-order valence-electron chi connectivity index (χ4n) is 1.34. The number of rotatable bonds is 6. The van der Waals surface area contributed by atoms with E-state index in [1.54, 1.807) is 0 Å². The zero-order valence-electron chi connectivity index (χ0n) is 9.93. The first-order chi connectivity index (χ1) is 5.85. The number of nitrogens with zero attached hydrogens (tertiary/aromatic N) is 1. The second-order valence-corrected chi connectivity index (χ2v) is 5.03. The number of hydrogen-bond donors (Lipinski definition) is 1. The van der Waals surface area contributed by atoms with Gasteiger partial charge in [-0.2, -0.15) is 0 Å². The molecule has 13 heavy (non-hydrogen) atoms. The second kappa shape index (κ2) is 5.61. The second-order valence-electron chi connectivity index (χ2n) is 5.03. The van der Waals surface area contributed by atoms with Crippen molar-refractivity contribution < 1.29 is 0 Å². The topological polar surface area (TPSA) is 29.3 Å². The van der Waals surface area contributed by atoms with Crippen molar-refractivity contribution in [2.75, 3.05) is 19.6 Å². The van der Waals surface area contributed by atoms with Gasteiger partial charge in [-0.05, 0) is 39.3 Å². The van der Waals surface area contributed by atoms with E-state index in [-0.39, 0.29) is 5.54 Å². The Morgan fingerprint density at radius 2 is 1.85 bits per heavy atom. The summed E-state index contributed by atoms with van der Waals surface area (Å²) in [5.41, 5.74) is 5.92. The molecule has 0 saturated carbocycles. The van der Waals surface area contributed by atoms with Crippen LogP contribution in [0, 0.1) is 5.92 Å². The van der Waals surface area contributed by atoms with Gasteiger partial charge in [0.25, 0.3) is 0 Å². The van der Waals surface area contributed by atoms with Gasteiger partial charge in [0, 0.05) is 12.1 Å². The van der Waals surface area contributed by atoms with Crippen molar-refractivity contribution >= 4 is 0 Å². The average molecular weight is 186 g/mol. The summed E-state index contributed by atoms with van der Waals surface area (Å²) in [4.78, 5) is 2.47. The van der Waals surface area contributed by atoms with Crippen LogP contribution in [0.25, 0.3) is 0 Å². The van der Waals surface area contributed by atoms with Crippen LogP contribution in [0.5, 0.6) is 0 Å². The molecule has 0 spiro atoms. The van der Waals surface area contributed by atoms with Gasteiger partial charge < -0.3 is 10.6 Å². The van der Waals surface area contributed by atoms with E-state index in [1.165, 1.54) is 6.54 Å². The quantitative estimate of drug-likeness (QED) is 0.688. The molecular formula is C11H26N2. The van der Waals surface area contributed by atoms with Crippen LogP contribution in [0.4, 0.5) is 0 Å². The summed E-state index contributed by atoms with van der Waals surface area (Å²) in [6, 6.07) is 0. The number of hydrogen-bond acceptors (Lipinski definition) is 2. The summed E-state index contributed by atoms with van der Waals surface area (Å²) in [6.45, 7) is 14.4. The minimum absolute atomic E-state index is 0.0234. The highest BCUT2D eigenvalue weighted by Crippen LogP contribution is 2.06. The Kier molecular flexibility index (Phi) is 5.57. The molecule has 0 aliphatic rings. The van der Waals surface area contributed by atoms with Gasteiger partial charge in [-0.25, -0.2) is 0 Å². The van der Waals surface area contributed by atoms with Crippen molar-refractivity contribution in [1.29, 1.82) is 0 Å². The molecule has 0 aromatic carbocycles. The van der Waals surface area contributed by atoms with E-state index in [1.807, 2.05) is 0 Å². The SMILES string of the molecule is CCN(CCC(C)(C)N)CC(C)C. The lowest BCUT2D eigenvalue weighted by Crippen LogP contribution is -2.38. The molecule has 0 bridgehead atoms. The highest BCUT2D eigenvalue weighted by molar-refractivity contribution is 4.73. The predicted molar refractivity (Wildman–Crippen MR) is 59.8 cm³/mol. The van der Waals surface area contributed by atoms with Crippen molar-refractivity contribution in [2.24, 2.45) is 11.7 Å². The van der Waals surface area contributed by atoms with Crippen molar-refractivity contribution in [2.45, 2.75) is 46.6 Å². The van der Waals surface area contributed by atoms with E-state index in [0.717, 1.165) is 25.4 Å². The Balaban J connectivity index is 3.72. The molecule has 0 aliphatic heterocycles. The summed E-state index contributed by atoms with van der Waals surface area (Å²) >= 11 is 0. The Hall–Kier alpha value is -0.0800. The minimum atomic E-state index is -0.0234. The van der Waals surface area contributed by atoms with Crippen LogP contribution in [0.3, 0.4) is 0 Å². The molecule has 0 aliphatic carbocycles. The molecule has 0 unspecified atom stereocenters. The molecule has 0 saturated heterocycles. The maximum absolute atomic E-state index is 5.94. The molecule has 80 valence electrons. The zero-order chi connectivity index (χ0) is 10.5. The molecule has 0 heterocycles. The maximum atomic E-state index is 5.94. The molecule has 0 aromatic rings. The standard InChI is InChI=1S/C11H26N2/c1-6-13(9-10(2)3)8-7-11(4,5)12/h10H,6-9,12H2,1-5H3. The van der Waals surface area contributed by atoms with Gasteiger partial charge in [-0.15, -0.1) is 0 Å². The fraction of sp³-hybridized carbons (Fsp3) is 1.00. The first-order valence-corrected chi connectivity index (χ1v) is 5.36. The van der Waals surface area contributed by atoms with Crippen LogP contribution < -0.4 is 5.73 Å². The molecule has 0 amide bonds. The molecule has 0 fully saturated rings. The van der Waals surface area contributed by atoms with Crippen LogP contribution >= 0.6 is 0 Å². The summed E-state index contributed by atoms with van der Waals surface area (Å²) in [7, 11) is 0. The highest BCUT2D eigenvalue weighted by Gasteiger charge is 2.13. The van der Waals surface area contributed by atoms with E-state index in [9.17, 15) is 0 Å². The Labute approximate surface area is 83.5 Å². The Bertz CT molecular complexity index is 125. The van der Waals surface area contributed by atoms with Crippen molar-refractivity contribution in [3.63, 3.8) is 0 Å². The third-order valence-electron chi connectivity index (χ3n) is 2.14. The molecule has 2 heteroatoms. The molecule has 2 N–H and O–H groups in total. The molecule has 0 radical (unpaired) electrons. The largest absolute Gasteiger partial charge is 0.326 e. The summed E-state index contributed by atoms with van der Waals surface area (Å²) in [6.07, 6.45) is 1.08. The van der Waals surface area contributed by atoms with Crippen LogP contribution in [0.1, 0.15) is 41.0 Å². The lowest BCUT2D eigenvalue weighted by Gasteiger charge is -2.26. The third kappa shape index (κ3) is 8.26. The van der Waals surface area contributed by atoms with Gasteiger partial charge in [0.15, 0.2) is 0 Å². The number of nitrogens with two attached hydrogens (primary N) is 1. The van der Waals surface area contributed by atoms with Gasteiger partial charge >= 0.3 is 0 Å². The predicted octanol–water partition coefficient (Wildman–Crippen LogP) is 2.09. The molecule has 2 nitrogen and oxygen atoms in total. The summed E-state index contributed by atoms with van der Waals surface area (Å²) < 4.78 is 0. The van der Waals surface area contributed by atoms with Gasteiger partial charge in [-0.1, -0.05) is 20.8 Å². The first-order valence-electron chi connectivity index (χ1n) is 5.36. The van der Waals surface area contributed by atoms with Crippen molar-refractivity contribution in [3.8, 4) is 0 Å². The van der Waals surface area contributed by atoms with Gasteiger partial charge in [0.05, 0.1) is 0 Å². The first kappa shape index (κ1) is 12.9. The third-order valence-corrected chi connectivity index (χ3v) is 2.14. The van der Waals surface area contributed by atoms with E-state index in [4.69, 9.17) is 5.73 Å². The van der Waals surface area contributed by atoms with Crippen molar-refractivity contribution in [1.82, 2.24) is 4.90 Å². The van der Waals surface area contributed by atoms with E-state index in [0.29, 0.717) is 0 Å². The molecule has 0 aromatic heterocycles. The van der Waals surface area contributed by atoms with E-state index in [2.05, 4.69) is 39.5 Å². The molecule has 0 atom stereocenters. The van der Waals surface area contributed by atoms with Gasteiger partial charge in [0.1, 0.15) is 0 Å². The monoisotopic (exact) mass is 186 g/mol. The maximum Gasteiger partial charge on any atom is 0.0109 e.